The van der Waals surface area contributed by atoms with Crippen LogP contribution in [0.1, 0.15) is 31.2 Å². The van der Waals surface area contributed by atoms with Crippen LogP contribution in [0.2, 0.25) is 0 Å². The Bertz CT molecular complexity index is 351. The second-order valence-electron chi connectivity index (χ2n) is 5.61. The zero-order valence-electron chi connectivity index (χ0n) is 11.7. The van der Waals surface area contributed by atoms with Gasteiger partial charge in [0.05, 0.1) is 0 Å². The van der Waals surface area contributed by atoms with Crippen molar-refractivity contribution in [2.75, 3.05) is 20.8 Å². The normalized spacial score (nSPS) is 25.7. The van der Waals surface area contributed by atoms with Gasteiger partial charge in [-0.2, -0.15) is 0 Å². The first-order valence-electron chi connectivity index (χ1n) is 6.97. The van der Waals surface area contributed by atoms with Crippen molar-refractivity contribution in [2.24, 2.45) is 11.8 Å². The number of methoxy groups -OCH3 is 1. The lowest BCUT2D eigenvalue weighted by Crippen LogP contribution is -2.31. The predicted molar refractivity (Wildman–Crippen MR) is 75.8 cm³/mol. The van der Waals surface area contributed by atoms with Crippen LogP contribution in [0.15, 0.2) is 30.3 Å². The van der Waals surface area contributed by atoms with E-state index in [1.165, 1.54) is 18.4 Å². The van der Waals surface area contributed by atoms with Crippen LogP contribution >= 0.6 is 0 Å². The molecule has 0 radical (unpaired) electrons. The summed E-state index contributed by atoms with van der Waals surface area (Å²) in [6.45, 7) is 3.13. The average molecular weight is 247 g/mol. The summed E-state index contributed by atoms with van der Waals surface area (Å²) in [5, 5.41) is 3.50. The lowest BCUT2D eigenvalue weighted by Gasteiger charge is -2.20. The van der Waals surface area contributed by atoms with Gasteiger partial charge in [0, 0.05) is 19.8 Å². The van der Waals surface area contributed by atoms with E-state index in [1.807, 2.05) is 0 Å². The molecule has 1 saturated carbocycles. The largest absolute Gasteiger partial charge is 0.384 e. The van der Waals surface area contributed by atoms with Crippen molar-refractivity contribution in [2.45, 2.75) is 31.7 Å². The van der Waals surface area contributed by atoms with Gasteiger partial charge in [-0.3, -0.25) is 0 Å². The third kappa shape index (κ3) is 3.33. The first-order valence-corrected chi connectivity index (χ1v) is 6.97. The van der Waals surface area contributed by atoms with E-state index >= 15 is 0 Å². The van der Waals surface area contributed by atoms with Gasteiger partial charge < -0.3 is 10.1 Å². The Morgan fingerprint density at radius 3 is 2.67 bits per heavy atom. The summed E-state index contributed by atoms with van der Waals surface area (Å²) in [6.07, 6.45) is 2.54. The SMILES string of the molecule is CNC(CC(C)COC)C1CC1c1ccccc1. The maximum Gasteiger partial charge on any atom is 0.0488 e. The van der Waals surface area contributed by atoms with Crippen LogP contribution in [0.3, 0.4) is 0 Å². The van der Waals surface area contributed by atoms with Gasteiger partial charge in [-0.05, 0) is 43.2 Å². The van der Waals surface area contributed by atoms with Crippen molar-refractivity contribution in [3.63, 3.8) is 0 Å². The summed E-state index contributed by atoms with van der Waals surface area (Å²) >= 11 is 0. The zero-order chi connectivity index (χ0) is 13.0. The molecule has 0 amide bonds. The standard InChI is InChI=1S/C16H25NO/c1-12(11-18-3)9-16(17-2)15-10-14(15)13-7-5-4-6-8-13/h4-8,12,14-17H,9-11H2,1-3H3. The van der Waals surface area contributed by atoms with Crippen LogP contribution in [-0.2, 0) is 4.74 Å². The highest BCUT2D eigenvalue weighted by molar-refractivity contribution is 5.26. The highest BCUT2D eigenvalue weighted by Crippen LogP contribution is 2.50. The van der Waals surface area contributed by atoms with E-state index in [-0.39, 0.29) is 0 Å². The maximum absolute atomic E-state index is 5.23. The molecular formula is C16H25NO. The second-order valence-corrected chi connectivity index (χ2v) is 5.61. The molecule has 1 aliphatic carbocycles. The number of nitrogens with one attached hydrogen (secondary N) is 1. The highest BCUT2D eigenvalue weighted by atomic mass is 16.5. The summed E-state index contributed by atoms with van der Waals surface area (Å²) in [6, 6.07) is 11.5. The molecule has 2 nitrogen and oxygen atoms in total. The maximum atomic E-state index is 5.23. The van der Waals surface area contributed by atoms with Gasteiger partial charge in [0.2, 0.25) is 0 Å². The smallest absolute Gasteiger partial charge is 0.0488 e. The molecule has 0 spiro atoms. The molecule has 1 aliphatic rings. The van der Waals surface area contributed by atoms with Gasteiger partial charge in [-0.25, -0.2) is 0 Å². The predicted octanol–water partition coefficient (Wildman–Crippen LogP) is 3.05. The Labute approximate surface area is 111 Å². The van der Waals surface area contributed by atoms with Crippen LogP contribution in [0.25, 0.3) is 0 Å². The highest BCUT2D eigenvalue weighted by Gasteiger charge is 2.43. The molecule has 4 unspecified atom stereocenters. The van der Waals surface area contributed by atoms with Gasteiger partial charge in [0.15, 0.2) is 0 Å². The van der Waals surface area contributed by atoms with Gasteiger partial charge in [-0.15, -0.1) is 0 Å². The minimum absolute atomic E-state index is 0.625. The summed E-state index contributed by atoms with van der Waals surface area (Å²) in [7, 11) is 3.87. The number of hydrogen-bond donors (Lipinski definition) is 1. The lowest BCUT2D eigenvalue weighted by atomic mass is 9.96. The third-order valence-electron chi connectivity index (χ3n) is 4.06. The molecule has 0 heterocycles. The molecule has 1 N–H and O–H groups in total. The Balaban J connectivity index is 1.88. The molecule has 1 aromatic rings. The van der Waals surface area contributed by atoms with Crippen molar-refractivity contribution in [1.82, 2.24) is 5.32 Å². The molecule has 4 atom stereocenters. The molecule has 0 saturated heterocycles. The number of ether oxygens (including phenoxy) is 1. The van der Waals surface area contributed by atoms with E-state index in [9.17, 15) is 0 Å². The second kappa shape index (κ2) is 6.35. The Morgan fingerprint density at radius 2 is 2.06 bits per heavy atom. The first kappa shape index (κ1) is 13.6. The van der Waals surface area contributed by atoms with Gasteiger partial charge in [0.25, 0.3) is 0 Å². The van der Waals surface area contributed by atoms with Crippen molar-refractivity contribution < 1.29 is 4.74 Å². The molecule has 0 aromatic heterocycles. The van der Waals surface area contributed by atoms with Crippen LogP contribution in [0.4, 0.5) is 0 Å². The molecule has 1 fully saturated rings. The van der Waals surface area contributed by atoms with E-state index < -0.39 is 0 Å². The Hall–Kier alpha value is -0.860. The summed E-state index contributed by atoms with van der Waals surface area (Å²) < 4.78 is 5.23. The van der Waals surface area contributed by atoms with Gasteiger partial charge >= 0.3 is 0 Å². The third-order valence-corrected chi connectivity index (χ3v) is 4.06. The van der Waals surface area contributed by atoms with Gasteiger partial charge in [-0.1, -0.05) is 37.3 Å². The van der Waals surface area contributed by atoms with E-state index in [4.69, 9.17) is 4.74 Å². The molecule has 1 aromatic carbocycles. The summed E-state index contributed by atoms with van der Waals surface area (Å²) in [4.78, 5) is 0. The fourth-order valence-electron chi connectivity index (χ4n) is 3.04. The molecule has 2 rings (SSSR count). The number of rotatable bonds is 7. The summed E-state index contributed by atoms with van der Waals surface area (Å²) in [5.41, 5.74) is 1.50. The Morgan fingerprint density at radius 1 is 1.33 bits per heavy atom. The minimum Gasteiger partial charge on any atom is -0.384 e. The fraction of sp³-hybridized carbons (Fsp3) is 0.625. The van der Waals surface area contributed by atoms with Crippen molar-refractivity contribution in [3.8, 4) is 0 Å². The van der Waals surface area contributed by atoms with Crippen LogP contribution in [0, 0.1) is 11.8 Å². The topological polar surface area (TPSA) is 21.3 Å². The molecule has 100 valence electrons. The van der Waals surface area contributed by atoms with E-state index in [2.05, 4.69) is 49.6 Å². The number of benzene rings is 1. The van der Waals surface area contributed by atoms with Crippen LogP contribution in [-0.4, -0.2) is 26.8 Å². The lowest BCUT2D eigenvalue weighted by molar-refractivity contribution is 0.148. The first-order chi connectivity index (χ1) is 8.76. The van der Waals surface area contributed by atoms with Crippen molar-refractivity contribution in [1.29, 1.82) is 0 Å². The average Bonchev–Trinajstić information content (AvgIpc) is 3.17. The number of hydrogen-bond acceptors (Lipinski definition) is 2. The van der Waals surface area contributed by atoms with Crippen molar-refractivity contribution >= 4 is 0 Å². The molecule has 0 aliphatic heterocycles. The fourth-order valence-corrected chi connectivity index (χ4v) is 3.04. The quantitative estimate of drug-likeness (QED) is 0.799. The van der Waals surface area contributed by atoms with Crippen molar-refractivity contribution in [3.05, 3.63) is 35.9 Å². The van der Waals surface area contributed by atoms with Crippen LogP contribution < -0.4 is 5.32 Å². The molecular weight excluding hydrogens is 222 g/mol. The van der Waals surface area contributed by atoms with Gasteiger partial charge in [0.1, 0.15) is 0 Å². The Kier molecular flexibility index (Phi) is 4.79. The van der Waals surface area contributed by atoms with E-state index in [1.54, 1.807) is 7.11 Å². The van der Waals surface area contributed by atoms with Crippen LogP contribution in [0.5, 0.6) is 0 Å². The zero-order valence-corrected chi connectivity index (χ0v) is 11.7. The summed E-state index contributed by atoms with van der Waals surface area (Å²) in [5.74, 6) is 2.19. The van der Waals surface area contributed by atoms with E-state index in [0.717, 1.165) is 18.4 Å². The minimum atomic E-state index is 0.625. The molecule has 0 bridgehead atoms. The van der Waals surface area contributed by atoms with E-state index in [0.29, 0.717) is 12.0 Å². The monoisotopic (exact) mass is 247 g/mol. The molecule has 18 heavy (non-hydrogen) atoms. The molecule has 2 heteroatoms.